The van der Waals surface area contributed by atoms with Gasteiger partial charge in [-0.1, -0.05) is 48.6 Å². The zero-order chi connectivity index (χ0) is 15.8. The fraction of sp³-hybridized carbons (Fsp3) is 0.118. The van der Waals surface area contributed by atoms with Crippen LogP contribution in [0.3, 0.4) is 0 Å². The highest BCUT2D eigenvalue weighted by Crippen LogP contribution is 2.38. The summed E-state index contributed by atoms with van der Waals surface area (Å²) in [7, 11) is 0. The van der Waals surface area contributed by atoms with Crippen molar-refractivity contribution in [2.45, 2.75) is 13.3 Å². The maximum absolute atomic E-state index is 10.1. The highest BCUT2D eigenvalue weighted by atomic mass is 32.1. The molecular formula is C17H14N4OS. The van der Waals surface area contributed by atoms with Crippen LogP contribution in [0.4, 0.5) is 10.8 Å². The first-order valence-electron chi connectivity index (χ1n) is 7.36. The summed E-state index contributed by atoms with van der Waals surface area (Å²) in [6, 6.07) is 13.8. The Bertz CT molecular complexity index is 999. The molecule has 2 aromatic heterocycles. The number of aryl methyl sites for hydroxylation is 1. The molecule has 0 aliphatic heterocycles. The number of azo groups is 1. The van der Waals surface area contributed by atoms with Gasteiger partial charge in [-0.2, -0.15) is 0 Å². The molecule has 0 bridgehead atoms. The largest absolute Gasteiger partial charge is 0.493 e. The number of aromatic nitrogens is 2. The van der Waals surface area contributed by atoms with Gasteiger partial charge in [-0.3, -0.25) is 0 Å². The number of H-pyrrole nitrogens is 1. The average Bonchev–Trinajstić information content (AvgIpc) is 3.12. The van der Waals surface area contributed by atoms with Crippen molar-refractivity contribution in [3.8, 4) is 5.88 Å². The second-order valence-corrected chi connectivity index (χ2v) is 6.19. The molecule has 0 radical (unpaired) electrons. The van der Waals surface area contributed by atoms with Crippen LogP contribution in [0.25, 0.3) is 21.1 Å². The van der Waals surface area contributed by atoms with Crippen molar-refractivity contribution < 1.29 is 5.11 Å². The van der Waals surface area contributed by atoms with Crippen molar-refractivity contribution >= 4 is 43.3 Å². The van der Waals surface area contributed by atoms with Gasteiger partial charge in [0.2, 0.25) is 11.0 Å². The maximum Gasteiger partial charge on any atom is 0.231 e. The van der Waals surface area contributed by atoms with Gasteiger partial charge in [-0.25, -0.2) is 4.98 Å². The molecule has 2 N–H and O–H groups in total. The fourth-order valence-corrected chi connectivity index (χ4v) is 3.43. The Hall–Kier alpha value is -2.73. The zero-order valence-electron chi connectivity index (χ0n) is 12.4. The van der Waals surface area contributed by atoms with Gasteiger partial charge < -0.3 is 10.1 Å². The number of aromatic hydroxyl groups is 1. The van der Waals surface area contributed by atoms with Crippen LogP contribution in [0.2, 0.25) is 0 Å². The molecule has 0 atom stereocenters. The molecule has 2 aromatic carbocycles. The Kier molecular flexibility index (Phi) is 3.31. The molecule has 5 nitrogen and oxygen atoms in total. The highest BCUT2D eigenvalue weighted by molar-refractivity contribution is 7.21. The summed E-state index contributed by atoms with van der Waals surface area (Å²) in [6.07, 6.45) is 0.881. The molecule has 6 heteroatoms. The Morgan fingerprint density at radius 2 is 2.00 bits per heavy atom. The third-order valence-corrected chi connectivity index (χ3v) is 4.69. The SMILES string of the molecule is CCc1cccc2c(N=Nc3nc4ccccc4s3)c(O)[nH]c12. The highest BCUT2D eigenvalue weighted by Gasteiger charge is 2.12. The summed E-state index contributed by atoms with van der Waals surface area (Å²) >= 11 is 1.47. The van der Waals surface area contributed by atoms with Gasteiger partial charge in [0.05, 0.1) is 15.7 Å². The monoisotopic (exact) mass is 322 g/mol. The number of hydrogen-bond acceptors (Lipinski definition) is 5. The predicted molar refractivity (Wildman–Crippen MR) is 93.1 cm³/mol. The number of benzene rings is 2. The summed E-state index contributed by atoms with van der Waals surface area (Å²) in [5.74, 6) is 0.0331. The van der Waals surface area contributed by atoms with Gasteiger partial charge in [0, 0.05) is 5.39 Å². The lowest BCUT2D eigenvalue weighted by Crippen LogP contribution is -1.80. The van der Waals surface area contributed by atoms with E-state index >= 15 is 0 Å². The van der Waals surface area contributed by atoms with Gasteiger partial charge in [-0.05, 0) is 24.1 Å². The van der Waals surface area contributed by atoms with Crippen LogP contribution in [0.1, 0.15) is 12.5 Å². The average molecular weight is 322 g/mol. The van der Waals surface area contributed by atoms with E-state index in [1.807, 2.05) is 42.5 Å². The summed E-state index contributed by atoms with van der Waals surface area (Å²) in [5, 5.41) is 20.0. The number of aromatic amines is 1. The third kappa shape index (κ3) is 2.37. The fourth-order valence-electron chi connectivity index (χ4n) is 2.64. The van der Waals surface area contributed by atoms with E-state index in [0.29, 0.717) is 10.8 Å². The summed E-state index contributed by atoms with van der Waals surface area (Å²) in [4.78, 5) is 7.42. The predicted octanol–water partition coefficient (Wildman–Crippen LogP) is 5.46. The standard InChI is InChI=1S/C17H14N4OS/c1-2-10-6-5-7-11-14(10)19-16(22)15(11)20-21-17-18-12-8-3-4-9-13(12)23-17/h3-9,19,22H,2H2,1H3. The normalized spacial score (nSPS) is 11.9. The molecule has 0 amide bonds. The second kappa shape index (κ2) is 5.48. The van der Waals surface area contributed by atoms with Gasteiger partial charge in [0.25, 0.3) is 0 Å². The van der Waals surface area contributed by atoms with Crippen LogP contribution in [-0.2, 0) is 6.42 Å². The first kappa shape index (κ1) is 13.9. The lowest BCUT2D eigenvalue weighted by atomic mass is 10.1. The maximum atomic E-state index is 10.1. The number of rotatable bonds is 3. The van der Waals surface area contributed by atoms with E-state index in [1.54, 1.807) is 0 Å². The van der Waals surface area contributed by atoms with Crippen molar-refractivity contribution in [3.63, 3.8) is 0 Å². The van der Waals surface area contributed by atoms with Gasteiger partial charge in [-0.15, -0.1) is 10.2 Å². The molecule has 4 aromatic rings. The molecule has 0 unspecified atom stereocenters. The second-order valence-electron chi connectivity index (χ2n) is 5.18. The smallest absolute Gasteiger partial charge is 0.231 e. The first-order chi connectivity index (χ1) is 11.3. The van der Waals surface area contributed by atoms with E-state index < -0.39 is 0 Å². The third-order valence-electron chi connectivity index (χ3n) is 3.77. The van der Waals surface area contributed by atoms with E-state index in [1.165, 1.54) is 11.3 Å². The van der Waals surface area contributed by atoms with E-state index in [-0.39, 0.29) is 5.88 Å². The number of fused-ring (bicyclic) bond motifs is 2. The molecule has 4 rings (SSSR count). The lowest BCUT2D eigenvalue weighted by molar-refractivity contribution is 0.459. The van der Waals surface area contributed by atoms with Gasteiger partial charge in [0.15, 0.2) is 5.69 Å². The van der Waals surface area contributed by atoms with E-state index in [0.717, 1.165) is 33.1 Å². The van der Waals surface area contributed by atoms with Crippen LogP contribution in [0.15, 0.2) is 52.7 Å². The minimum Gasteiger partial charge on any atom is -0.493 e. The number of para-hydroxylation sites is 2. The number of thiazole rings is 1. The van der Waals surface area contributed by atoms with Crippen molar-refractivity contribution in [3.05, 3.63) is 48.0 Å². The minimum atomic E-state index is 0.0331. The molecule has 0 saturated carbocycles. The Labute approximate surface area is 136 Å². The van der Waals surface area contributed by atoms with Gasteiger partial charge in [0.1, 0.15) is 0 Å². The first-order valence-corrected chi connectivity index (χ1v) is 8.17. The van der Waals surface area contributed by atoms with E-state index in [4.69, 9.17) is 0 Å². The van der Waals surface area contributed by atoms with Gasteiger partial charge >= 0.3 is 0 Å². The zero-order valence-corrected chi connectivity index (χ0v) is 13.3. The van der Waals surface area contributed by atoms with E-state index in [9.17, 15) is 5.11 Å². The molecule has 0 saturated heterocycles. The van der Waals surface area contributed by atoms with Crippen molar-refractivity contribution in [1.82, 2.24) is 9.97 Å². The number of nitrogens with zero attached hydrogens (tertiary/aromatic N) is 3. The molecule has 2 heterocycles. The van der Waals surface area contributed by atoms with Crippen LogP contribution in [0, 0.1) is 0 Å². The summed E-state index contributed by atoms with van der Waals surface area (Å²) < 4.78 is 1.07. The number of nitrogens with one attached hydrogen (secondary N) is 1. The van der Waals surface area contributed by atoms with Crippen LogP contribution in [0.5, 0.6) is 5.88 Å². The van der Waals surface area contributed by atoms with Crippen molar-refractivity contribution in [2.24, 2.45) is 10.2 Å². The molecule has 114 valence electrons. The molecule has 0 aliphatic carbocycles. The summed E-state index contributed by atoms with van der Waals surface area (Å²) in [6.45, 7) is 2.08. The van der Waals surface area contributed by atoms with Crippen LogP contribution < -0.4 is 0 Å². The molecule has 0 spiro atoms. The molecule has 0 fully saturated rings. The molecular weight excluding hydrogens is 308 g/mol. The Morgan fingerprint density at radius 1 is 1.13 bits per heavy atom. The Balaban J connectivity index is 1.78. The molecule has 0 aliphatic rings. The van der Waals surface area contributed by atoms with E-state index in [2.05, 4.69) is 27.1 Å². The number of hydrogen-bond donors (Lipinski definition) is 2. The summed E-state index contributed by atoms with van der Waals surface area (Å²) in [5.41, 5.74) is 3.41. The quantitative estimate of drug-likeness (QED) is 0.491. The Morgan fingerprint density at radius 3 is 2.83 bits per heavy atom. The lowest BCUT2D eigenvalue weighted by Gasteiger charge is -1.97. The van der Waals surface area contributed by atoms with Crippen molar-refractivity contribution in [1.29, 1.82) is 0 Å². The molecule has 23 heavy (non-hydrogen) atoms. The van der Waals surface area contributed by atoms with Crippen molar-refractivity contribution in [2.75, 3.05) is 0 Å². The van der Waals surface area contributed by atoms with Crippen LogP contribution in [-0.4, -0.2) is 15.1 Å². The van der Waals surface area contributed by atoms with Crippen LogP contribution >= 0.6 is 11.3 Å². The minimum absolute atomic E-state index is 0.0331. The topological polar surface area (TPSA) is 73.6 Å².